The predicted molar refractivity (Wildman–Crippen MR) is 121 cm³/mol. The fraction of sp³-hybridized carbons (Fsp3) is 0.417. The number of carbonyl (C=O) groups is 2. The van der Waals surface area contributed by atoms with E-state index in [-0.39, 0.29) is 25.0 Å². The lowest BCUT2D eigenvalue weighted by Gasteiger charge is -2.28. The Hall–Kier alpha value is -2.53. The van der Waals surface area contributed by atoms with Crippen molar-refractivity contribution in [3.8, 4) is 5.75 Å². The van der Waals surface area contributed by atoms with E-state index in [1.165, 1.54) is 10.5 Å². The molecule has 2 amide bonds. The largest absolute Gasteiger partial charge is 0.484 e. The van der Waals surface area contributed by atoms with Crippen LogP contribution in [0.25, 0.3) is 0 Å². The topological polar surface area (TPSA) is 58.6 Å². The van der Waals surface area contributed by atoms with E-state index in [1.807, 2.05) is 36.4 Å². The molecule has 1 N–H and O–H groups in total. The van der Waals surface area contributed by atoms with Crippen LogP contribution in [-0.2, 0) is 22.6 Å². The Morgan fingerprint density at radius 3 is 2.47 bits per heavy atom. The Morgan fingerprint density at radius 2 is 1.83 bits per heavy atom. The number of nitrogens with zero attached hydrogens (tertiary/aromatic N) is 1. The van der Waals surface area contributed by atoms with Crippen LogP contribution >= 0.6 is 11.6 Å². The Labute approximate surface area is 184 Å². The van der Waals surface area contributed by atoms with E-state index in [1.54, 1.807) is 19.1 Å². The second kappa shape index (κ2) is 12.2. The molecule has 30 heavy (non-hydrogen) atoms. The first-order chi connectivity index (χ1) is 14.4. The van der Waals surface area contributed by atoms with E-state index in [0.29, 0.717) is 17.3 Å². The highest BCUT2D eigenvalue weighted by Gasteiger charge is 2.26. The van der Waals surface area contributed by atoms with Crippen LogP contribution in [-0.4, -0.2) is 35.9 Å². The molecule has 0 aliphatic rings. The Morgan fingerprint density at radius 1 is 1.10 bits per heavy atom. The van der Waals surface area contributed by atoms with Gasteiger partial charge in [-0.05, 0) is 55.2 Å². The first-order valence-corrected chi connectivity index (χ1v) is 10.9. The van der Waals surface area contributed by atoms with Gasteiger partial charge in [-0.3, -0.25) is 9.59 Å². The van der Waals surface area contributed by atoms with Crippen LogP contribution in [0.5, 0.6) is 5.75 Å². The molecule has 2 aromatic rings. The smallest absolute Gasteiger partial charge is 0.261 e. The van der Waals surface area contributed by atoms with Crippen LogP contribution in [0.3, 0.4) is 0 Å². The van der Waals surface area contributed by atoms with Gasteiger partial charge in [0.1, 0.15) is 11.8 Å². The van der Waals surface area contributed by atoms with Crippen molar-refractivity contribution in [1.82, 2.24) is 10.2 Å². The standard InChI is InChI=1S/C24H31ClN2O3/c1-4-6-14-26-24(29)18(3)27(16-20-8-7-9-21(25)15-20)23(28)17-30-22-12-10-19(5-2)11-13-22/h7-13,15,18H,4-6,14,16-17H2,1-3H3,(H,26,29)/t18-/m0/s1. The van der Waals surface area contributed by atoms with E-state index in [4.69, 9.17) is 16.3 Å². The number of halogens is 1. The molecule has 0 radical (unpaired) electrons. The zero-order valence-corrected chi connectivity index (χ0v) is 18.7. The lowest BCUT2D eigenvalue weighted by Crippen LogP contribution is -2.49. The minimum atomic E-state index is -0.626. The summed E-state index contributed by atoms with van der Waals surface area (Å²) in [7, 11) is 0. The van der Waals surface area contributed by atoms with Gasteiger partial charge in [-0.15, -0.1) is 0 Å². The monoisotopic (exact) mass is 430 g/mol. The quantitative estimate of drug-likeness (QED) is 0.529. The summed E-state index contributed by atoms with van der Waals surface area (Å²) < 4.78 is 5.69. The maximum atomic E-state index is 13.0. The number of nitrogens with one attached hydrogen (secondary N) is 1. The van der Waals surface area contributed by atoms with Crippen LogP contribution in [0.2, 0.25) is 5.02 Å². The fourth-order valence-corrected chi connectivity index (χ4v) is 3.21. The van der Waals surface area contributed by atoms with Gasteiger partial charge in [0.05, 0.1) is 0 Å². The van der Waals surface area contributed by atoms with Crippen LogP contribution in [0.15, 0.2) is 48.5 Å². The average molecular weight is 431 g/mol. The van der Waals surface area contributed by atoms with Gasteiger partial charge in [0, 0.05) is 18.1 Å². The third kappa shape index (κ3) is 7.38. The van der Waals surface area contributed by atoms with E-state index in [2.05, 4.69) is 19.2 Å². The highest BCUT2D eigenvalue weighted by Crippen LogP contribution is 2.16. The van der Waals surface area contributed by atoms with Crippen molar-refractivity contribution >= 4 is 23.4 Å². The van der Waals surface area contributed by atoms with Crippen LogP contribution in [0.1, 0.15) is 44.7 Å². The maximum Gasteiger partial charge on any atom is 0.261 e. The number of ether oxygens (including phenoxy) is 1. The maximum absolute atomic E-state index is 13.0. The first kappa shape index (κ1) is 23.7. The molecular formula is C24H31ClN2O3. The molecule has 0 saturated heterocycles. The fourth-order valence-electron chi connectivity index (χ4n) is 3.00. The van der Waals surface area contributed by atoms with Gasteiger partial charge in [-0.25, -0.2) is 0 Å². The van der Waals surface area contributed by atoms with Gasteiger partial charge < -0.3 is 15.0 Å². The number of rotatable bonds is 11. The summed E-state index contributed by atoms with van der Waals surface area (Å²) in [6, 6.07) is 14.3. The molecule has 0 aliphatic carbocycles. The Bertz CT molecular complexity index is 823. The van der Waals surface area contributed by atoms with E-state index < -0.39 is 6.04 Å². The molecule has 0 bridgehead atoms. The SMILES string of the molecule is CCCCNC(=O)[C@H](C)N(Cc1cccc(Cl)c1)C(=O)COc1ccc(CC)cc1. The molecule has 2 rings (SSSR count). The zero-order valence-electron chi connectivity index (χ0n) is 18.0. The molecule has 1 atom stereocenters. The van der Waals surface area contributed by atoms with Crippen LogP contribution in [0.4, 0.5) is 0 Å². The van der Waals surface area contributed by atoms with Crippen molar-refractivity contribution in [1.29, 1.82) is 0 Å². The molecule has 6 heteroatoms. The summed E-state index contributed by atoms with van der Waals surface area (Å²) in [6.07, 6.45) is 2.83. The molecule has 0 spiro atoms. The van der Waals surface area contributed by atoms with Crippen molar-refractivity contribution in [2.75, 3.05) is 13.2 Å². The van der Waals surface area contributed by atoms with E-state index in [9.17, 15) is 9.59 Å². The minimum Gasteiger partial charge on any atom is -0.484 e. The van der Waals surface area contributed by atoms with Gasteiger partial charge in [0.15, 0.2) is 6.61 Å². The van der Waals surface area contributed by atoms with Gasteiger partial charge in [0.2, 0.25) is 5.91 Å². The highest BCUT2D eigenvalue weighted by molar-refractivity contribution is 6.30. The average Bonchev–Trinajstić information content (AvgIpc) is 2.75. The molecule has 0 aromatic heterocycles. The van der Waals surface area contributed by atoms with Gasteiger partial charge in [-0.1, -0.05) is 56.1 Å². The third-order valence-electron chi connectivity index (χ3n) is 4.93. The van der Waals surface area contributed by atoms with E-state index in [0.717, 1.165) is 24.8 Å². The Balaban J connectivity index is 2.09. The number of hydrogen-bond acceptors (Lipinski definition) is 3. The summed E-state index contributed by atoms with van der Waals surface area (Å²) in [4.78, 5) is 27.1. The normalized spacial score (nSPS) is 11.6. The van der Waals surface area contributed by atoms with Crippen molar-refractivity contribution in [3.05, 3.63) is 64.7 Å². The minimum absolute atomic E-state index is 0.140. The second-order valence-corrected chi connectivity index (χ2v) is 7.69. The number of aryl methyl sites for hydroxylation is 1. The molecule has 0 heterocycles. The van der Waals surface area contributed by atoms with Crippen molar-refractivity contribution in [2.24, 2.45) is 0 Å². The summed E-state index contributed by atoms with van der Waals surface area (Å²) in [6.45, 7) is 6.62. The molecule has 0 saturated carbocycles. The molecular weight excluding hydrogens is 400 g/mol. The number of benzene rings is 2. The van der Waals surface area contributed by atoms with Crippen LogP contribution in [0, 0.1) is 0 Å². The molecule has 162 valence electrons. The predicted octanol–water partition coefficient (Wildman–Crippen LogP) is 4.61. The number of unbranched alkanes of at least 4 members (excludes halogenated alkanes) is 1. The number of amides is 2. The second-order valence-electron chi connectivity index (χ2n) is 7.26. The molecule has 0 aliphatic heterocycles. The number of carbonyl (C=O) groups excluding carboxylic acids is 2. The molecule has 5 nitrogen and oxygen atoms in total. The summed E-state index contributed by atoms with van der Waals surface area (Å²) in [5, 5.41) is 3.49. The number of hydrogen-bond donors (Lipinski definition) is 1. The summed E-state index contributed by atoms with van der Waals surface area (Å²) in [5.41, 5.74) is 2.06. The summed E-state index contributed by atoms with van der Waals surface area (Å²) in [5.74, 6) is 0.196. The van der Waals surface area contributed by atoms with Crippen molar-refractivity contribution in [3.63, 3.8) is 0 Å². The van der Waals surface area contributed by atoms with Crippen molar-refractivity contribution in [2.45, 2.75) is 52.6 Å². The third-order valence-corrected chi connectivity index (χ3v) is 5.17. The van der Waals surface area contributed by atoms with Gasteiger partial charge in [0.25, 0.3) is 5.91 Å². The molecule has 2 aromatic carbocycles. The summed E-state index contributed by atoms with van der Waals surface area (Å²) >= 11 is 6.09. The van der Waals surface area contributed by atoms with Crippen LogP contribution < -0.4 is 10.1 Å². The first-order valence-electron chi connectivity index (χ1n) is 10.5. The van der Waals surface area contributed by atoms with E-state index >= 15 is 0 Å². The zero-order chi connectivity index (χ0) is 21.9. The van der Waals surface area contributed by atoms with Gasteiger partial charge in [-0.2, -0.15) is 0 Å². The highest BCUT2D eigenvalue weighted by atomic mass is 35.5. The Kier molecular flexibility index (Phi) is 9.68. The van der Waals surface area contributed by atoms with Gasteiger partial charge >= 0.3 is 0 Å². The lowest BCUT2D eigenvalue weighted by molar-refractivity contribution is -0.142. The van der Waals surface area contributed by atoms with Crippen molar-refractivity contribution < 1.29 is 14.3 Å². The lowest BCUT2D eigenvalue weighted by atomic mass is 10.1. The molecule has 0 unspecified atom stereocenters. The molecule has 0 fully saturated rings.